The normalized spacial score (nSPS) is 11.1. The van der Waals surface area contributed by atoms with Crippen molar-refractivity contribution in [3.05, 3.63) is 28.3 Å². The van der Waals surface area contributed by atoms with Crippen LogP contribution in [0.2, 0.25) is 0 Å². The zero-order valence-corrected chi connectivity index (χ0v) is 11.8. The lowest BCUT2D eigenvalue weighted by Crippen LogP contribution is -2.31. The van der Waals surface area contributed by atoms with Crippen LogP contribution in [0.5, 0.6) is 5.75 Å². The van der Waals surface area contributed by atoms with Gasteiger partial charge >= 0.3 is 0 Å². The fourth-order valence-corrected chi connectivity index (χ4v) is 3.09. The Labute approximate surface area is 116 Å². The Balaban J connectivity index is 3.46. The lowest BCUT2D eigenvalue weighted by molar-refractivity contribution is -0.385. The van der Waals surface area contributed by atoms with Crippen LogP contribution in [-0.4, -0.2) is 37.8 Å². The Morgan fingerprint density at radius 1 is 1.50 bits per heavy atom. The van der Waals surface area contributed by atoms with Gasteiger partial charge in [-0.1, -0.05) is 6.92 Å². The van der Waals surface area contributed by atoms with Gasteiger partial charge in [0.15, 0.2) is 0 Å². The van der Waals surface area contributed by atoms with Crippen LogP contribution < -0.4 is 4.74 Å². The number of sulfonamides is 1. The Morgan fingerprint density at radius 3 is 2.60 bits per heavy atom. The third-order valence-electron chi connectivity index (χ3n) is 2.58. The maximum absolute atomic E-state index is 12.4. The van der Waals surface area contributed by atoms with Gasteiger partial charge in [0.2, 0.25) is 10.0 Å². The molecule has 0 aliphatic carbocycles. The van der Waals surface area contributed by atoms with E-state index in [0.717, 1.165) is 16.4 Å². The molecule has 108 valence electrons. The molecule has 0 aliphatic rings. The highest BCUT2D eigenvalue weighted by molar-refractivity contribution is 7.89. The number of nitro benzene ring substituents is 1. The standard InChI is InChI=1S/C11H13N3O5S/c1-3-13(7-6-12)20(17,18)11-8-9(14(15)16)4-5-10(11)19-2/h4-5,8H,3,7H2,1-2H3. The van der Waals surface area contributed by atoms with Crippen molar-refractivity contribution in [2.75, 3.05) is 20.2 Å². The molecule has 1 rings (SSSR count). The minimum absolute atomic E-state index is 0.00742. The third kappa shape index (κ3) is 3.04. The van der Waals surface area contributed by atoms with Gasteiger partial charge in [-0.3, -0.25) is 10.1 Å². The van der Waals surface area contributed by atoms with Gasteiger partial charge in [0.05, 0.1) is 18.1 Å². The van der Waals surface area contributed by atoms with Crippen LogP contribution in [0.15, 0.2) is 23.1 Å². The van der Waals surface area contributed by atoms with Crippen LogP contribution in [0.4, 0.5) is 5.69 Å². The van der Waals surface area contributed by atoms with E-state index in [1.54, 1.807) is 13.0 Å². The number of nitriles is 1. The maximum Gasteiger partial charge on any atom is 0.271 e. The first-order chi connectivity index (χ1) is 9.38. The quantitative estimate of drug-likeness (QED) is 0.442. The second kappa shape index (κ2) is 6.31. The van der Waals surface area contributed by atoms with Gasteiger partial charge in [-0.2, -0.15) is 9.57 Å². The third-order valence-corrected chi connectivity index (χ3v) is 4.52. The van der Waals surface area contributed by atoms with E-state index in [-0.39, 0.29) is 29.4 Å². The second-order valence-corrected chi connectivity index (χ2v) is 5.59. The number of hydrogen-bond acceptors (Lipinski definition) is 6. The van der Waals surface area contributed by atoms with E-state index in [1.807, 2.05) is 0 Å². The molecular weight excluding hydrogens is 286 g/mol. The number of ether oxygens (including phenoxy) is 1. The average Bonchev–Trinajstić information content (AvgIpc) is 2.43. The molecule has 8 nitrogen and oxygen atoms in total. The number of non-ortho nitro benzene ring substituents is 1. The van der Waals surface area contributed by atoms with Crippen LogP contribution in [0.3, 0.4) is 0 Å². The summed E-state index contributed by atoms with van der Waals surface area (Å²) < 4.78 is 30.6. The number of nitrogens with zero attached hydrogens (tertiary/aromatic N) is 3. The predicted octanol–water partition coefficient (Wildman–Crippen LogP) is 1.14. The van der Waals surface area contributed by atoms with Crippen LogP contribution in [0.1, 0.15) is 6.92 Å². The summed E-state index contributed by atoms with van der Waals surface area (Å²) in [6, 6.07) is 5.03. The van der Waals surface area contributed by atoms with Crippen LogP contribution in [0.25, 0.3) is 0 Å². The zero-order valence-electron chi connectivity index (χ0n) is 10.9. The van der Waals surface area contributed by atoms with E-state index in [4.69, 9.17) is 10.00 Å². The van der Waals surface area contributed by atoms with Gasteiger partial charge in [-0.05, 0) is 6.07 Å². The van der Waals surface area contributed by atoms with E-state index < -0.39 is 14.9 Å². The Kier molecular flexibility index (Phi) is 5.01. The fraction of sp³-hybridized carbons (Fsp3) is 0.364. The van der Waals surface area contributed by atoms with E-state index >= 15 is 0 Å². The first-order valence-electron chi connectivity index (χ1n) is 5.58. The van der Waals surface area contributed by atoms with Crippen molar-refractivity contribution in [3.63, 3.8) is 0 Å². The van der Waals surface area contributed by atoms with E-state index in [0.29, 0.717) is 0 Å². The van der Waals surface area contributed by atoms with Gasteiger partial charge in [-0.15, -0.1) is 0 Å². The molecule has 0 fully saturated rings. The highest BCUT2D eigenvalue weighted by Crippen LogP contribution is 2.30. The maximum atomic E-state index is 12.4. The Morgan fingerprint density at radius 2 is 2.15 bits per heavy atom. The predicted molar refractivity (Wildman–Crippen MR) is 69.7 cm³/mol. The molecule has 0 saturated carbocycles. The van der Waals surface area contributed by atoms with Gasteiger partial charge in [0.1, 0.15) is 17.2 Å². The summed E-state index contributed by atoms with van der Waals surface area (Å²) >= 11 is 0. The van der Waals surface area contributed by atoms with E-state index in [1.165, 1.54) is 13.2 Å². The van der Waals surface area contributed by atoms with Crippen molar-refractivity contribution in [3.8, 4) is 11.8 Å². The molecular formula is C11H13N3O5S. The molecule has 20 heavy (non-hydrogen) atoms. The molecule has 0 unspecified atom stereocenters. The molecule has 1 aromatic rings. The SMILES string of the molecule is CCN(CC#N)S(=O)(=O)c1cc([N+](=O)[O-])ccc1OC. The van der Waals surface area contributed by atoms with Crippen molar-refractivity contribution < 1.29 is 18.1 Å². The monoisotopic (exact) mass is 299 g/mol. The number of hydrogen-bond donors (Lipinski definition) is 0. The topological polar surface area (TPSA) is 114 Å². The highest BCUT2D eigenvalue weighted by atomic mass is 32.2. The van der Waals surface area contributed by atoms with Crippen LogP contribution in [0, 0.1) is 21.4 Å². The number of rotatable bonds is 6. The molecule has 0 spiro atoms. The lowest BCUT2D eigenvalue weighted by atomic mass is 10.3. The average molecular weight is 299 g/mol. The summed E-state index contributed by atoms with van der Waals surface area (Å²) in [6.45, 7) is 1.30. The Bertz CT molecular complexity index is 651. The molecule has 0 aliphatic heterocycles. The van der Waals surface area contributed by atoms with Gasteiger partial charge in [0, 0.05) is 18.7 Å². The molecule has 0 atom stereocenters. The molecule has 0 heterocycles. The minimum Gasteiger partial charge on any atom is -0.495 e. The fourth-order valence-electron chi connectivity index (χ4n) is 1.57. The number of benzene rings is 1. The molecule has 0 amide bonds. The Hall–Kier alpha value is -2.18. The van der Waals surface area contributed by atoms with E-state index in [2.05, 4.69) is 0 Å². The molecule has 0 radical (unpaired) electrons. The van der Waals surface area contributed by atoms with E-state index in [9.17, 15) is 18.5 Å². The summed E-state index contributed by atoms with van der Waals surface area (Å²) in [5.74, 6) is -0.00742. The highest BCUT2D eigenvalue weighted by Gasteiger charge is 2.28. The largest absolute Gasteiger partial charge is 0.495 e. The summed E-state index contributed by atoms with van der Waals surface area (Å²) in [5, 5.41) is 19.4. The van der Waals surface area contributed by atoms with Crippen LogP contribution in [-0.2, 0) is 10.0 Å². The summed E-state index contributed by atoms with van der Waals surface area (Å²) in [4.78, 5) is 9.73. The summed E-state index contributed by atoms with van der Waals surface area (Å²) in [5.41, 5.74) is -0.364. The lowest BCUT2D eigenvalue weighted by Gasteiger charge is -2.18. The smallest absolute Gasteiger partial charge is 0.271 e. The molecule has 9 heteroatoms. The zero-order chi connectivity index (χ0) is 15.3. The van der Waals surface area contributed by atoms with Crippen molar-refractivity contribution >= 4 is 15.7 Å². The van der Waals surface area contributed by atoms with Crippen molar-refractivity contribution in [2.24, 2.45) is 0 Å². The van der Waals surface area contributed by atoms with Crippen molar-refractivity contribution in [1.82, 2.24) is 4.31 Å². The summed E-state index contributed by atoms with van der Waals surface area (Å²) in [7, 11) is -2.77. The number of nitro groups is 1. The molecule has 0 bridgehead atoms. The van der Waals surface area contributed by atoms with Gasteiger partial charge in [-0.25, -0.2) is 8.42 Å². The second-order valence-electron chi connectivity index (χ2n) is 3.68. The van der Waals surface area contributed by atoms with Gasteiger partial charge < -0.3 is 4.74 Å². The van der Waals surface area contributed by atoms with Crippen molar-refractivity contribution in [2.45, 2.75) is 11.8 Å². The molecule has 0 aromatic heterocycles. The molecule has 1 aromatic carbocycles. The first kappa shape index (κ1) is 15.9. The first-order valence-corrected chi connectivity index (χ1v) is 7.02. The van der Waals surface area contributed by atoms with Gasteiger partial charge in [0.25, 0.3) is 5.69 Å². The molecule has 0 saturated heterocycles. The van der Waals surface area contributed by atoms with Crippen LogP contribution >= 0.6 is 0 Å². The number of methoxy groups -OCH3 is 1. The van der Waals surface area contributed by atoms with Crippen molar-refractivity contribution in [1.29, 1.82) is 5.26 Å². The molecule has 0 N–H and O–H groups in total. The minimum atomic E-state index is -4.03. The summed E-state index contributed by atoms with van der Waals surface area (Å²) in [6.07, 6.45) is 0.